The maximum atomic E-state index is 5.91. The van der Waals surface area contributed by atoms with Crippen molar-refractivity contribution < 1.29 is 23.7 Å². The zero-order chi connectivity index (χ0) is 27.9. The number of hydrogen-bond acceptors (Lipinski definition) is 10. The quantitative estimate of drug-likeness (QED) is 0.371. The van der Waals surface area contributed by atoms with Gasteiger partial charge in [-0.2, -0.15) is 4.98 Å². The predicted octanol–water partition coefficient (Wildman–Crippen LogP) is 4.36. The average molecular weight is 552 g/mol. The fourth-order valence-corrected chi connectivity index (χ4v) is 5.34. The van der Waals surface area contributed by atoms with Crippen molar-refractivity contribution in [1.82, 2.24) is 14.9 Å². The van der Waals surface area contributed by atoms with Gasteiger partial charge in [0.15, 0.2) is 23.0 Å². The minimum atomic E-state index is 0.297. The van der Waals surface area contributed by atoms with E-state index in [1.54, 1.807) is 21.3 Å². The number of ether oxygens (including phenoxy) is 5. The summed E-state index contributed by atoms with van der Waals surface area (Å²) in [6, 6.07) is 10.4. The van der Waals surface area contributed by atoms with Crippen LogP contribution >= 0.6 is 0 Å². The summed E-state index contributed by atoms with van der Waals surface area (Å²) in [5.74, 6) is 4.47. The molecule has 2 aromatic carbocycles. The lowest BCUT2D eigenvalue weighted by Crippen LogP contribution is -2.39. The number of likely N-dealkylation sites (tertiary alicyclic amines) is 1. The van der Waals surface area contributed by atoms with E-state index >= 15 is 0 Å². The second-order valence-corrected chi connectivity index (χ2v) is 10.2. The number of benzene rings is 2. The van der Waals surface area contributed by atoms with Crippen LogP contribution in [-0.4, -0.2) is 88.2 Å². The van der Waals surface area contributed by atoms with E-state index in [2.05, 4.69) is 34.2 Å². The molecule has 2 saturated heterocycles. The van der Waals surface area contributed by atoms with Gasteiger partial charge in [0.25, 0.3) is 0 Å². The Morgan fingerprint density at radius 1 is 0.875 bits per heavy atom. The first kappa shape index (κ1) is 28.0. The zero-order valence-corrected chi connectivity index (χ0v) is 24.1. The van der Waals surface area contributed by atoms with Gasteiger partial charge >= 0.3 is 0 Å². The second-order valence-electron chi connectivity index (χ2n) is 10.2. The lowest BCUT2D eigenvalue weighted by molar-refractivity contribution is 0.122. The number of nitrogens with one attached hydrogen (secondary N) is 1. The number of methoxy groups -OCH3 is 3. The Morgan fingerprint density at radius 3 is 2.30 bits per heavy atom. The van der Waals surface area contributed by atoms with Crippen LogP contribution in [0.25, 0.3) is 10.9 Å². The van der Waals surface area contributed by atoms with Gasteiger partial charge in [0.05, 0.1) is 46.7 Å². The largest absolute Gasteiger partial charge is 0.493 e. The molecule has 0 amide bonds. The molecule has 0 spiro atoms. The fourth-order valence-electron chi connectivity index (χ4n) is 5.34. The third-order valence-electron chi connectivity index (χ3n) is 7.51. The Morgan fingerprint density at radius 2 is 1.60 bits per heavy atom. The molecule has 3 heterocycles. The normalized spacial score (nSPS) is 16.6. The van der Waals surface area contributed by atoms with Crippen molar-refractivity contribution in [3.8, 4) is 23.0 Å². The molecule has 0 saturated carbocycles. The molecular weight excluding hydrogens is 510 g/mol. The highest BCUT2D eigenvalue weighted by atomic mass is 16.5. The zero-order valence-electron chi connectivity index (χ0n) is 24.1. The minimum absolute atomic E-state index is 0.297. The van der Waals surface area contributed by atoms with Crippen LogP contribution in [0.1, 0.15) is 31.7 Å². The molecule has 3 aromatic rings. The van der Waals surface area contributed by atoms with Crippen LogP contribution in [0, 0.1) is 0 Å². The molecule has 1 N–H and O–H groups in total. The van der Waals surface area contributed by atoms with Gasteiger partial charge in [0.2, 0.25) is 5.95 Å². The number of fused-ring (bicyclic) bond motifs is 1. The Kier molecular flexibility index (Phi) is 9.28. The minimum Gasteiger partial charge on any atom is -0.493 e. The molecule has 10 heteroatoms. The van der Waals surface area contributed by atoms with Crippen LogP contribution in [0.2, 0.25) is 0 Å². The van der Waals surface area contributed by atoms with Crippen molar-refractivity contribution in [2.45, 2.75) is 38.8 Å². The first-order valence-electron chi connectivity index (χ1n) is 14.2. The first-order valence-corrected chi connectivity index (χ1v) is 14.2. The Hall–Kier alpha value is -3.50. The molecule has 10 nitrogen and oxygen atoms in total. The first-order chi connectivity index (χ1) is 19.6. The summed E-state index contributed by atoms with van der Waals surface area (Å²) in [7, 11) is 4.98. The summed E-state index contributed by atoms with van der Waals surface area (Å²) in [6.45, 7) is 8.59. The Balaban J connectivity index is 1.28. The molecule has 5 rings (SSSR count). The number of anilines is 2. The maximum Gasteiger partial charge on any atom is 0.225 e. The molecular formula is C30H41N5O5. The van der Waals surface area contributed by atoms with Crippen molar-refractivity contribution in [2.75, 3.05) is 77.5 Å². The van der Waals surface area contributed by atoms with E-state index in [-0.39, 0.29) is 0 Å². The molecule has 2 fully saturated rings. The molecule has 0 aliphatic carbocycles. The Labute approximate surface area is 236 Å². The SMILES string of the molecule is CCCOc1cc(CN2CCC(Nc3nc(N4CCOCC4)c4cc(OC)c(OC)cc4n3)CC2)ccc1OC. The molecule has 0 radical (unpaired) electrons. The summed E-state index contributed by atoms with van der Waals surface area (Å²) < 4.78 is 28.1. The molecule has 1 aromatic heterocycles. The van der Waals surface area contributed by atoms with E-state index in [1.807, 2.05) is 18.2 Å². The number of piperidine rings is 1. The van der Waals surface area contributed by atoms with Gasteiger partial charge in [-0.25, -0.2) is 4.98 Å². The van der Waals surface area contributed by atoms with Crippen molar-refractivity contribution in [2.24, 2.45) is 0 Å². The predicted molar refractivity (Wildman–Crippen MR) is 156 cm³/mol. The molecule has 0 bridgehead atoms. The molecule has 40 heavy (non-hydrogen) atoms. The lowest BCUT2D eigenvalue weighted by atomic mass is 10.0. The summed E-state index contributed by atoms with van der Waals surface area (Å²) in [5, 5.41) is 4.58. The van der Waals surface area contributed by atoms with E-state index in [4.69, 9.17) is 33.7 Å². The van der Waals surface area contributed by atoms with Gasteiger partial charge in [-0.05, 0) is 43.0 Å². The van der Waals surface area contributed by atoms with Gasteiger partial charge < -0.3 is 33.9 Å². The topological polar surface area (TPSA) is 90.4 Å². The molecule has 2 aliphatic rings. The molecule has 0 atom stereocenters. The van der Waals surface area contributed by atoms with Gasteiger partial charge in [-0.3, -0.25) is 4.90 Å². The van der Waals surface area contributed by atoms with Gasteiger partial charge in [0, 0.05) is 50.2 Å². The van der Waals surface area contributed by atoms with E-state index in [1.165, 1.54) is 5.56 Å². The fraction of sp³-hybridized carbons (Fsp3) is 0.533. The van der Waals surface area contributed by atoms with Gasteiger partial charge in [-0.15, -0.1) is 0 Å². The van der Waals surface area contributed by atoms with Crippen molar-refractivity contribution >= 4 is 22.7 Å². The lowest BCUT2D eigenvalue weighted by Gasteiger charge is -2.33. The van der Waals surface area contributed by atoms with Gasteiger partial charge in [0.1, 0.15) is 5.82 Å². The van der Waals surface area contributed by atoms with E-state index < -0.39 is 0 Å². The van der Waals surface area contributed by atoms with E-state index in [9.17, 15) is 0 Å². The highest BCUT2D eigenvalue weighted by Gasteiger charge is 2.23. The van der Waals surface area contributed by atoms with E-state index in [0.29, 0.717) is 43.3 Å². The smallest absolute Gasteiger partial charge is 0.225 e. The third kappa shape index (κ3) is 6.45. The van der Waals surface area contributed by atoms with Crippen LogP contribution in [-0.2, 0) is 11.3 Å². The van der Waals surface area contributed by atoms with Crippen molar-refractivity contribution in [3.05, 3.63) is 35.9 Å². The summed E-state index contributed by atoms with van der Waals surface area (Å²) >= 11 is 0. The Bertz CT molecular complexity index is 1280. The molecule has 2 aliphatic heterocycles. The summed E-state index contributed by atoms with van der Waals surface area (Å²) in [4.78, 5) is 14.6. The number of aromatic nitrogens is 2. The molecule has 216 valence electrons. The number of morpholine rings is 1. The van der Waals surface area contributed by atoms with Crippen LogP contribution in [0.4, 0.5) is 11.8 Å². The van der Waals surface area contributed by atoms with Crippen molar-refractivity contribution in [1.29, 1.82) is 0 Å². The van der Waals surface area contributed by atoms with Crippen LogP contribution in [0.5, 0.6) is 23.0 Å². The number of hydrogen-bond donors (Lipinski definition) is 1. The second kappa shape index (κ2) is 13.2. The number of nitrogens with zero attached hydrogens (tertiary/aromatic N) is 4. The van der Waals surface area contributed by atoms with Gasteiger partial charge in [-0.1, -0.05) is 13.0 Å². The van der Waals surface area contributed by atoms with Crippen LogP contribution in [0.15, 0.2) is 30.3 Å². The third-order valence-corrected chi connectivity index (χ3v) is 7.51. The van der Waals surface area contributed by atoms with Crippen LogP contribution in [0.3, 0.4) is 0 Å². The highest BCUT2D eigenvalue weighted by molar-refractivity contribution is 5.93. The number of rotatable bonds is 11. The maximum absolute atomic E-state index is 5.91. The highest BCUT2D eigenvalue weighted by Crippen LogP contribution is 2.36. The monoisotopic (exact) mass is 551 g/mol. The standard InChI is InChI=1S/C30H41N5O5/c1-5-14-40-28-17-21(6-7-25(28)36-2)20-34-10-8-22(9-11-34)31-30-32-24-19-27(38-4)26(37-3)18-23(24)29(33-30)35-12-15-39-16-13-35/h6-7,17-19,22H,5,8-16,20H2,1-4H3,(H,31,32,33). The summed E-state index contributed by atoms with van der Waals surface area (Å²) in [5.41, 5.74) is 2.06. The van der Waals surface area contributed by atoms with E-state index in [0.717, 1.165) is 80.2 Å². The van der Waals surface area contributed by atoms with Crippen LogP contribution < -0.4 is 29.2 Å². The average Bonchev–Trinajstić information content (AvgIpc) is 3.00. The summed E-state index contributed by atoms with van der Waals surface area (Å²) in [6.07, 6.45) is 2.98. The van der Waals surface area contributed by atoms with Crippen molar-refractivity contribution in [3.63, 3.8) is 0 Å². The molecule has 0 unspecified atom stereocenters.